The summed E-state index contributed by atoms with van der Waals surface area (Å²) in [4.78, 5) is 20.0. The summed E-state index contributed by atoms with van der Waals surface area (Å²) in [6.07, 6.45) is 3.35. The van der Waals surface area contributed by atoms with Gasteiger partial charge in [-0.05, 0) is 42.5 Å². The number of aromatic nitrogens is 4. The van der Waals surface area contributed by atoms with Crippen LogP contribution in [-0.4, -0.2) is 58.8 Å². The van der Waals surface area contributed by atoms with E-state index in [1.165, 1.54) is 4.31 Å². The fourth-order valence-corrected chi connectivity index (χ4v) is 6.15. The summed E-state index contributed by atoms with van der Waals surface area (Å²) in [5, 5.41) is 15.3. The predicted molar refractivity (Wildman–Crippen MR) is 154 cm³/mol. The molecule has 11 heteroatoms. The highest BCUT2D eigenvalue weighted by Gasteiger charge is 2.27. The standard InChI is InChI=1S/C30H24N6O4S/c31-19-22(29-32-27-12-5-4-11-26(27)30(37)33-29)17-23-20-36(24-8-2-1-3-9-24)34-28(23)21-7-6-10-25(18-21)41(38,39)35-13-15-40-16-14-35/h1-12,17-18,20H,13-16H2,(H,32,33,37). The van der Waals surface area contributed by atoms with Gasteiger partial charge < -0.3 is 9.72 Å². The van der Waals surface area contributed by atoms with Gasteiger partial charge >= 0.3 is 0 Å². The van der Waals surface area contributed by atoms with E-state index in [1.54, 1.807) is 65.5 Å². The second kappa shape index (κ2) is 10.9. The Hall–Kier alpha value is -4.89. The number of rotatable bonds is 6. The zero-order valence-electron chi connectivity index (χ0n) is 21.8. The van der Waals surface area contributed by atoms with Crippen LogP contribution < -0.4 is 5.56 Å². The lowest BCUT2D eigenvalue weighted by Crippen LogP contribution is -2.40. The maximum atomic E-state index is 13.4. The minimum absolute atomic E-state index is 0.123. The van der Waals surface area contributed by atoms with E-state index in [0.29, 0.717) is 40.9 Å². The molecule has 0 bridgehead atoms. The molecule has 0 aliphatic carbocycles. The molecule has 1 fully saturated rings. The van der Waals surface area contributed by atoms with E-state index < -0.39 is 10.0 Å². The average Bonchev–Trinajstić information content (AvgIpc) is 3.45. The van der Waals surface area contributed by atoms with Crippen LogP contribution in [0.2, 0.25) is 0 Å². The molecule has 0 spiro atoms. The zero-order valence-corrected chi connectivity index (χ0v) is 22.6. The van der Waals surface area contributed by atoms with Gasteiger partial charge in [0.2, 0.25) is 10.0 Å². The van der Waals surface area contributed by atoms with Crippen LogP contribution in [0.3, 0.4) is 0 Å². The number of nitrogens with one attached hydrogen (secondary N) is 1. The molecule has 0 atom stereocenters. The first-order valence-corrected chi connectivity index (χ1v) is 14.3. The third-order valence-corrected chi connectivity index (χ3v) is 8.66. The summed E-state index contributed by atoms with van der Waals surface area (Å²) in [5.74, 6) is 0.123. The van der Waals surface area contributed by atoms with E-state index in [2.05, 4.69) is 16.0 Å². The number of sulfonamides is 1. The van der Waals surface area contributed by atoms with E-state index in [-0.39, 0.29) is 34.9 Å². The maximum Gasteiger partial charge on any atom is 0.259 e. The summed E-state index contributed by atoms with van der Waals surface area (Å²) in [7, 11) is -3.75. The first kappa shape index (κ1) is 26.3. The van der Waals surface area contributed by atoms with Gasteiger partial charge in [-0.2, -0.15) is 14.7 Å². The van der Waals surface area contributed by atoms with Crippen LogP contribution >= 0.6 is 0 Å². The van der Waals surface area contributed by atoms with Crippen molar-refractivity contribution in [1.29, 1.82) is 5.26 Å². The van der Waals surface area contributed by atoms with Gasteiger partial charge in [0, 0.05) is 30.4 Å². The lowest BCUT2D eigenvalue weighted by atomic mass is 10.1. The lowest BCUT2D eigenvalue weighted by molar-refractivity contribution is 0.0730. The van der Waals surface area contributed by atoms with Gasteiger partial charge in [-0.15, -0.1) is 0 Å². The van der Waals surface area contributed by atoms with Crippen molar-refractivity contribution in [2.45, 2.75) is 4.90 Å². The zero-order chi connectivity index (χ0) is 28.4. The fourth-order valence-electron chi connectivity index (χ4n) is 4.69. The van der Waals surface area contributed by atoms with Crippen molar-refractivity contribution in [3.05, 3.63) is 107 Å². The Morgan fingerprint density at radius 1 is 1.00 bits per heavy atom. The molecule has 1 saturated heterocycles. The van der Waals surface area contributed by atoms with E-state index in [9.17, 15) is 18.5 Å². The van der Waals surface area contributed by atoms with Crippen LogP contribution in [0.4, 0.5) is 0 Å². The fraction of sp³-hybridized carbons (Fsp3) is 0.133. The second-order valence-corrected chi connectivity index (χ2v) is 11.3. The van der Waals surface area contributed by atoms with Gasteiger partial charge in [-0.25, -0.2) is 18.1 Å². The Labute approximate surface area is 235 Å². The van der Waals surface area contributed by atoms with Crippen molar-refractivity contribution in [3.8, 4) is 23.0 Å². The van der Waals surface area contributed by atoms with E-state index in [0.717, 1.165) is 5.69 Å². The maximum absolute atomic E-state index is 13.4. The Bertz CT molecular complexity index is 1990. The van der Waals surface area contributed by atoms with E-state index in [1.807, 2.05) is 30.3 Å². The normalized spacial score (nSPS) is 14.7. The van der Waals surface area contributed by atoms with Crippen molar-refractivity contribution in [2.24, 2.45) is 0 Å². The van der Waals surface area contributed by atoms with Gasteiger partial charge in [-0.1, -0.05) is 42.5 Å². The Kier molecular flexibility index (Phi) is 7.03. The summed E-state index contributed by atoms with van der Waals surface area (Å²) in [6, 6.07) is 25.1. The Balaban J connectivity index is 1.49. The Morgan fingerprint density at radius 2 is 1.76 bits per heavy atom. The number of benzene rings is 3. The van der Waals surface area contributed by atoms with E-state index >= 15 is 0 Å². The molecular formula is C30H24N6O4S. The van der Waals surface area contributed by atoms with Gasteiger partial charge in [0.1, 0.15) is 11.8 Å². The molecule has 3 heterocycles. The summed E-state index contributed by atoms with van der Waals surface area (Å²) in [5.41, 5.74) is 2.57. The van der Waals surface area contributed by atoms with Crippen LogP contribution in [0.1, 0.15) is 11.4 Å². The number of nitriles is 1. The monoisotopic (exact) mass is 564 g/mol. The molecule has 6 rings (SSSR count). The van der Waals surface area contributed by atoms with Gasteiger partial charge in [-0.3, -0.25) is 4.79 Å². The van der Waals surface area contributed by atoms with Crippen LogP contribution in [0.5, 0.6) is 0 Å². The van der Waals surface area contributed by atoms with Gasteiger partial charge in [0.15, 0.2) is 5.82 Å². The molecule has 0 amide bonds. The van der Waals surface area contributed by atoms with Crippen molar-refractivity contribution in [3.63, 3.8) is 0 Å². The molecule has 41 heavy (non-hydrogen) atoms. The number of nitrogens with zero attached hydrogens (tertiary/aromatic N) is 5. The van der Waals surface area contributed by atoms with Crippen LogP contribution in [0.25, 0.3) is 39.5 Å². The average molecular weight is 565 g/mol. The third kappa shape index (κ3) is 5.19. The van der Waals surface area contributed by atoms with Crippen molar-refractivity contribution in [1.82, 2.24) is 24.1 Å². The molecule has 2 aromatic heterocycles. The lowest BCUT2D eigenvalue weighted by Gasteiger charge is -2.26. The van der Waals surface area contributed by atoms with Crippen LogP contribution in [0, 0.1) is 11.3 Å². The minimum atomic E-state index is -3.75. The first-order valence-electron chi connectivity index (χ1n) is 12.9. The predicted octanol–water partition coefficient (Wildman–Crippen LogP) is 3.86. The number of hydrogen-bond acceptors (Lipinski definition) is 7. The van der Waals surface area contributed by atoms with Crippen molar-refractivity contribution >= 4 is 32.6 Å². The number of para-hydroxylation sites is 2. The number of allylic oxidation sites excluding steroid dienone is 1. The smallest absolute Gasteiger partial charge is 0.259 e. The molecule has 3 aromatic carbocycles. The molecule has 0 saturated carbocycles. The topological polar surface area (TPSA) is 134 Å². The molecule has 1 aliphatic heterocycles. The number of hydrogen-bond donors (Lipinski definition) is 1. The third-order valence-electron chi connectivity index (χ3n) is 6.77. The van der Waals surface area contributed by atoms with Gasteiger partial charge in [0.25, 0.3) is 5.56 Å². The second-order valence-electron chi connectivity index (χ2n) is 9.36. The van der Waals surface area contributed by atoms with Crippen molar-refractivity contribution < 1.29 is 13.2 Å². The molecule has 204 valence electrons. The highest BCUT2D eigenvalue weighted by Crippen LogP contribution is 2.30. The molecule has 0 unspecified atom stereocenters. The molecule has 1 N–H and O–H groups in total. The largest absolute Gasteiger partial charge is 0.379 e. The number of fused-ring (bicyclic) bond motifs is 1. The minimum Gasteiger partial charge on any atom is -0.379 e. The molecule has 1 aliphatic rings. The molecule has 0 radical (unpaired) electrons. The number of morpholine rings is 1. The number of H-pyrrole nitrogens is 1. The summed E-state index contributed by atoms with van der Waals surface area (Å²) < 4.78 is 35.2. The SMILES string of the molecule is N#CC(=Cc1cn(-c2ccccc2)nc1-c1cccc(S(=O)(=O)N2CCOCC2)c1)c1nc2ccccc2c(=O)[nH]1. The molecule has 5 aromatic rings. The quantitative estimate of drug-likeness (QED) is 0.310. The van der Waals surface area contributed by atoms with Crippen LogP contribution in [0.15, 0.2) is 94.7 Å². The van der Waals surface area contributed by atoms with Crippen molar-refractivity contribution in [2.75, 3.05) is 26.3 Å². The highest BCUT2D eigenvalue weighted by atomic mass is 32.2. The van der Waals surface area contributed by atoms with Gasteiger partial charge in [0.05, 0.1) is 40.3 Å². The highest BCUT2D eigenvalue weighted by molar-refractivity contribution is 7.89. The molecular weight excluding hydrogens is 540 g/mol. The Morgan fingerprint density at radius 3 is 2.54 bits per heavy atom. The number of ether oxygens (including phenoxy) is 1. The first-order chi connectivity index (χ1) is 19.9. The van der Waals surface area contributed by atoms with E-state index in [4.69, 9.17) is 9.84 Å². The molecule has 10 nitrogen and oxygen atoms in total. The summed E-state index contributed by atoms with van der Waals surface area (Å²) in [6.45, 7) is 1.26. The van der Waals surface area contributed by atoms with Crippen LogP contribution in [-0.2, 0) is 14.8 Å². The number of aromatic amines is 1. The summed E-state index contributed by atoms with van der Waals surface area (Å²) >= 11 is 0.